The van der Waals surface area contributed by atoms with Gasteiger partial charge in [-0.2, -0.15) is 11.8 Å². The molecule has 2 rings (SSSR count). The first-order valence-corrected chi connectivity index (χ1v) is 8.70. The Kier molecular flexibility index (Phi) is 5.87. The molecule has 1 aromatic carbocycles. The van der Waals surface area contributed by atoms with Crippen LogP contribution < -0.4 is 5.32 Å². The van der Waals surface area contributed by atoms with E-state index in [1.807, 2.05) is 12.1 Å². The number of rotatable bonds is 5. The summed E-state index contributed by atoms with van der Waals surface area (Å²) < 4.78 is 1.04. The number of hydrogen-bond donors (Lipinski definition) is 1. The molecular formula is C14H19BrClNS. The van der Waals surface area contributed by atoms with Crippen molar-refractivity contribution in [3.05, 3.63) is 33.3 Å². The molecule has 1 nitrogen and oxygen atoms in total. The smallest absolute Gasteiger partial charge is 0.0462 e. The minimum absolute atomic E-state index is 0.661. The van der Waals surface area contributed by atoms with Gasteiger partial charge in [0.1, 0.15) is 0 Å². The van der Waals surface area contributed by atoms with E-state index < -0.39 is 0 Å². The molecule has 0 amide bonds. The third kappa shape index (κ3) is 4.16. The SMILES string of the molecule is CCSC1CCC(NCc2ccc(Br)cc2Cl)C1. The maximum atomic E-state index is 6.22. The molecule has 0 spiro atoms. The zero-order valence-corrected chi connectivity index (χ0v) is 13.7. The van der Waals surface area contributed by atoms with Gasteiger partial charge in [0.2, 0.25) is 0 Å². The van der Waals surface area contributed by atoms with Crippen molar-refractivity contribution in [1.29, 1.82) is 0 Å². The molecule has 1 aromatic rings. The minimum Gasteiger partial charge on any atom is -0.310 e. The van der Waals surface area contributed by atoms with E-state index in [0.717, 1.165) is 21.3 Å². The Morgan fingerprint density at radius 2 is 2.28 bits per heavy atom. The van der Waals surface area contributed by atoms with Crippen LogP contribution in [-0.4, -0.2) is 17.0 Å². The highest BCUT2D eigenvalue weighted by Gasteiger charge is 2.23. The van der Waals surface area contributed by atoms with Gasteiger partial charge in [-0.3, -0.25) is 0 Å². The zero-order chi connectivity index (χ0) is 13.0. The summed E-state index contributed by atoms with van der Waals surface area (Å²) in [6, 6.07) is 6.76. The fourth-order valence-electron chi connectivity index (χ4n) is 2.43. The monoisotopic (exact) mass is 347 g/mol. The number of benzene rings is 1. The van der Waals surface area contributed by atoms with Gasteiger partial charge in [-0.25, -0.2) is 0 Å². The molecule has 2 atom stereocenters. The number of halogens is 2. The first-order valence-electron chi connectivity index (χ1n) is 6.48. The third-order valence-corrected chi connectivity index (χ3v) is 5.46. The first-order chi connectivity index (χ1) is 8.69. The van der Waals surface area contributed by atoms with Crippen molar-refractivity contribution in [1.82, 2.24) is 5.32 Å². The molecule has 1 saturated carbocycles. The minimum atomic E-state index is 0.661. The van der Waals surface area contributed by atoms with Gasteiger partial charge >= 0.3 is 0 Å². The van der Waals surface area contributed by atoms with Gasteiger partial charge in [0.15, 0.2) is 0 Å². The summed E-state index contributed by atoms with van der Waals surface area (Å²) >= 11 is 11.7. The van der Waals surface area contributed by atoms with E-state index in [4.69, 9.17) is 11.6 Å². The van der Waals surface area contributed by atoms with Crippen LogP contribution in [0.5, 0.6) is 0 Å². The number of hydrogen-bond acceptors (Lipinski definition) is 2. The average molecular weight is 349 g/mol. The fraction of sp³-hybridized carbons (Fsp3) is 0.571. The van der Waals surface area contributed by atoms with Crippen LogP contribution in [0.25, 0.3) is 0 Å². The highest BCUT2D eigenvalue weighted by molar-refractivity contribution is 9.10. The highest BCUT2D eigenvalue weighted by Crippen LogP contribution is 2.30. The molecule has 0 aromatic heterocycles. The van der Waals surface area contributed by atoms with Gasteiger partial charge in [-0.15, -0.1) is 0 Å². The molecule has 18 heavy (non-hydrogen) atoms. The molecule has 0 aliphatic heterocycles. The summed E-state index contributed by atoms with van der Waals surface area (Å²) in [7, 11) is 0. The molecule has 1 aliphatic carbocycles. The second-order valence-corrected chi connectivity index (χ2v) is 7.60. The van der Waals surface area contributed by atoms with Crippen molar-refractivity contribution in [2.24, 2.45) is 0 Å². The summed E-state index contributed by atoms with van der Waals surface area (Å²) in [5.74, 6) is 1.23. The third-order valence-electron chi connectivity index (χ3n) is 3.38. The van der Waals surface area contributed by atoms with Gasteiger partial charge in [0, 0.05) is 27.3 Å². The van der Waals surface area contributed by atoms with E-state index in [1.54, 1.807) is 0 Å². The zero-order valence-electron chi connectivity index (χ0n) is 10.6. The van der Waals surface area contributed by atoms with Crippen molar-refractivity contribution in [3.8, 4) is 0 Å². The van der Waals surface area contributed by atoms with E-state index >= 15 is 0 Å². The number of thioether (sulfide) groups is 1. The molecule has 0 radical (unpaired) electrons. The normalized spacial score (nSPS) is 23.5. The maximum Gasteiger partial charge on any atom is 0.0462 e. The molecule has 4 heteroatoms. The second-order valence-electron chi connectivity index (χ2n) is 4.70. The summed E-state index contributed by atoms with van der Waals surface area (Å²) in [6.45, 7) is 3.12. The van der Waals surface area contributed by atoms with Gasteiger partial charge in [-0.05, 0) is 42.7 Å². The summed E-state index contributed by atoms with van der Waals surface area (Å²) in [5, 5.41) is 5.33. The van der Waals surface area contributed by atoms with Crippen molar-refractivity contribution in [2.75, 3.05) is 5.75 Å². The lowest BCUT2D eigenvalue weighted by molar-refractivity contribution is 0.525. The highest BCUT2D eigenvalue weighted by atomic mass is 79.9. The molecule has 1 N–H and O–H groups in total. The van der Waals surface area contributed by atoms with Crippen molar-refractivity contribution in [2.45, 2.75) is 44.0 Å². The topological polar surface area (TPSA) is 12.0 Å². The molecule has 0 bridgehead atoms. The Balaban J connectivity index is 1.81. The van der Waals surface area contributed by atoms with Crippen LogP contribution in [0.15, 0.2) is 22.7 Å². The van der Waals surface area contributed by atoms with Gasteiger partial charge in [0.25, 0.3) is 0 Å². The summed E-state index contributed by atoms with van der Waals surface area (Å²) in [4.78, 5) is 0. The fourth-order valence-corrected chi connectivity index (χ4v) is 4.31. The van der Waals surface area contributed by atoms with Crippen LogP contribution in [0, 0.1) is 0 Å². The van der Waals surface area contributed by atoms with E-state index in [1.165, 1.54) is 30.6 Å². The predicted molar refractivity (Wildman–Crippen MR) is 85.6 cm³/mol. The standard InChI is InChI=1S/C14H19BrClNS/c1-2-18-13-6-5-12(8-13)17-9-10-3-4-11(15)7-14(10)16/h3-4,7,12-13,17H,2,5-6,8-9H2,1H3. The van der Waals surface area contributed by atoms with Crippen LogP contribution in [0.3, 0.4) is 0 Å². The van der Waals surface area contributed by atoms with Crippen LogP contribution in [0.2, 0.25) is 5.02 Å². The lowest BCUT2D eigenvalue weighted by Crippen LogP contribution is -2.26. The lowest BCUT2D eigenvalue weighted by Gasteiger charge is -2.14. The van der Waals surface area contributed by atoms with E-state index in [-0.39, 0.29) is 0 Å². The lowest BCUT2D eigenvalue weighted by atomic mass is 10.2. The van der Waals surface area contributed by atoms with Gasteiger partial charge in [0.05, 0.1) is 0 Å². The summed E-state index contributed by atoms with van der Waals surface area (Å²) in [6.07, 6.45) is 3.95. The quantitative estimate of drug-likeness (QED) is 0.815. The molecule has 2 unspecified atom stereocenters. The van der Waals surface area contributed by atoms with Gasteiger partial charge in [-0.1, -0.05) is 40.5 Å². The molecular weight excluding hydrogens is 330 g/mol. The average Bonchev–Trinajstić information content (AvgIpc) is 2.76. The maximum absolute atomic E-state index is 6.22. The molecule has 100 valence electrons. The Morgan fingerprint density at radius 3 is 3.00 bits per heavy atom. The van der Waals surface area contributed by atoms with Crippen molar-refractivity contribution >= 4 is 39.3 Å². The second kappa shape index (κ2) is 7.18. The summed E-state index contributed by atoms with van der Waals surface area (Å²) in [5.41, 5.74) is 1.19. The molecule has 0 saturated heterocycles. The van der Waals surface area contributed by atoms with Crippen LogP contribution in [0.4, 0.5) is 0 Å². The largest absolute Gasteiger partial charge is 0.310 e. The van der Waals surface area contributed by atoms with E-state index in [9.17, 15) is 0 Å². The molecule has 1 fully saturated rings. The predicted octanol–water partition coefficient (Wildman–Crippen LogP) is 4.87. The molecule has 1 aliphatic rings. The van der Waals surface area contributed by atoms with Crippen LogP contribution in [0.1, 0.15) is 31.7 Å². The molecule has 0 heterocycles. The Morgan fingerprint density at radius 1 is 1.44 bits per heavy atom. The van der Waals surface area contributed by atoms with Crippen LogP contribution in [-0.2, 0) is 6.54 Å². The number of nitrogens with one attached hydrogen (secondary N) is 1. The Hall–Kier alpha value is 0.300. The van der Waals surface area contributed by atoms with Crippen molar-refractivity contribution in [3.63, 3.8) is 0 Å². The van der Waals surface area contributed by atoms with Crippen molar-refractivity contribution < 1.29 is 0 Å². The Bertz CT molecular complexity index is 399. The first kappa shape index (κ1) is 14.7. The van der Waals surface area contributed by atoms with Gasteiger partial charge < -0.3 is 5.32 Å². The van der Waals surface area contributed by atoms with E-state index in [0.29, 0.717) is 6.04 Å². The Labute approximate surface area is 127 Å². The van der Waals surface area contributed by atoms with Crippen LogP contribution >= 0.6 is 39.3 Å². The van der Waals surface area contributed by atoms with E-state index in [2.05, 4.69) is 46.0 Å².